The first-order chi connectivity index (χ1) is 16.9. The fourth-order valence-electron chi connectivity index (χ4n) is 6.03. The van der Waals surface area contributed by atoms with Crippen LogP contribution in [0.5, 0.6) is 0 Å². The van der Waals surface area contributed by atoms with Crippen LogP contribution in [-0.4, -0.2) is 51.7 Å². The molecule has 1 unspecified atom stereocenters. The van der Waals surface area contributed by atoms with E-state index >= 15 is 0 Å². The van der Waals surface area contributed by atoms with Gasteiger partial charge in [-0.15, -0.1) is 5.06 Å². The first kappa shape index (κ1) is 27.4. The molecule has 0 amide bonds. The number of fused-ring (bicyclic) bond motifs is 2. The summed E-state index contributed by atoms with van der Waals surface area (Å²) in [6.45, 7) is 17.5. The smallest absolute Gasteiger partial charge is 0.335 e. The first-order valence-electron chi connectivity index (χ1n) is 13.2. The standard InChI is InChI=1S/C27H41NO6Si2/c1-18(2)35(19(3)4)32-25-23(29)14-15-27(26(25)33-36(34-35,20(5)6)21(7)8)16-24(30)31-28(27)17-22-12-10-9-11-13-22/h9-15,18-21,25-26H,16-17H2,1-8H3/t25-,26-,27?/m1/s1. The second-order valence-corrected chi connectivity index (χ2v) is 20.4. The van der Waals surface area contributed by atoms with E-state index in [1.807, 2.05) is 36.4 Å². The van der Waals surface area contributed by atoms with Crippen molar-refractivity contribution in [3.8, 4) is 0 Å². The Kier molecular flexibility index (Phi) is 7.55. The van der Waals surface area contributed by atoms with Crippen LogP contribution in [-0.2, 0) is 33.9 Å². The summed E-state index contributed by atoms with van der Waals surface area (Å²) in [5.74, 6) is -0.473. The molecule has 0 bridgehead atoms. The number of rotatable bonds is 6. The molecule has 198 valence electrons. The maximum atomic E-state index is 13.5. The zero-order valence-corrected chi connectivity index (χ0v) is 24.8. The zero-order chi connectivity index (χ0) is 26.5. The maximum absolute atomic E-state index is 13.5. The largest absolute Gasteiger partial charge is 0.414 e. The van der Waals surface area contributed by atoms with Gasteiger partial charge in [-0.3, -0.25) is 9.59 Å². The second-order valence-electron chi connectivity index (χ2n) is 11.6. The summed E-state index contributed by atoms with van der Waals surface area (Å²) in [5.41, 5.74) is 0.491. The normalized spacial score (nSPS) is 29.9. The fraction of sp³-hybridized carbons (Fsp3) is 0.630. The van der Waals surface area contributed by atoms with Gasteiger partial charge in [0.1, 0.15) is 17.7 Å². The molecule has 2 aliphatic heterocycles. The molecule has 4 rings (SSSR count). The van der Waals surface area contributed by atoms with Gasteiger partial charge in [-0.05, 0) is 33.8 Å². The Morgan fingerprint density at radius 3 is 2.00 bits per heavy atom. The predicted molar refractivity (Wildman–Crippen MR) is 142 cm³/mol. The van der Waals surface area contributed by atoms with E-state index in [1.54, 1.807) is 11.1 Å². The minimum Gasteiger partial charge on any atom is -0.414 e. The average Bonchev–Trinajstić information content (AvgIpc) is 3.00. The SMILES string of the molecule is CC(C)[Si]1(C(C)C)O[C@@H]2C(=O)C=CC3(CC(=O)ON3Cc3ccccc3)[C@@H]2O[Si](C(C)C)(C(C)C)O1. The summed E-state index contributed by atoms with van der Waals surface area (Å²) in [5, 5.41) is 1.70. The van der Waals surface area contributed by atoms with Gasteiger partial charge in [0, 0.05) is 0 Å². The molecule has 2 heterocycles. The van der Waals surface area contributed by atoms with E-state index in [4.69, 9.17) is 17.8 Å². The van der Waals surface area contributed by atoms with Crippen molar-refractivity contribution in [2.45, 2.75) is 108 Å². The molecule has 0 N–H and O–H groups in total. The van der Waals surface area contributed by atoms with Gasteiger partial charge in [-0.1, -0.05) is 91.8 Å². The summed E-state index contributed by atoms with van der Waals surface area (Å²) < 4.78 is 21.4. The molecule has 2 saturated heterocycles. The number of carbonyl (C=O) groups excluding carboxylic acids is 2. The van der Waals surface area contributed by atoms with Crippen LogP contribution >= 0.6 is 0 Å². The van der Waals surface area contributed by atoms with Crippen LogP contribution in [0.2, 0.25) is 22.2 Å². The first-order valence-corrected chi connectivity index (χ1v) is 17.1. The van der Waals surface area contributed by atoms with Crippen molar-refractivity contribution in [3.05, 3.63) is 48.0 Å². The quantitative estimate of drug-likeness (QED) is 0.445. The molecule has 0 saturated carbocycles. The number of hydroxylamine groups is 2. The highest BCUT2D eigenvalue weighted by Crippen LogP contribution is 2.52. The highest BCUT2D eigenvalue weighted by Gasteiger charge is 2.67. The average molecular weight is 532 g/mol. The number of ketones is 1. The van der Waals surface area contributed by atoms with Crippen molar-refractivity contribution in [3.63, 3.8) is 0 Å². The third kappa shape index (κ3) is 4.37. The van der Waals surface area contributed by atoms with E-state index in [-0.39, 0.29) is 40.3 Å². The second kappa shape index (κ2) is 9.92. The van der Waals surface area contributed by atoms with E-state index in [0.29, 0.717) is 6.54 Å². The van der Waals surface area contributed by atoms with E-state index in [2.05, 4.69) is 55.4 Å². The van der Waals surface area contributed by atoms with Crippen LogP contribution in [0.25, 0.3) is 0 Å². The molecular formula is C27H41NO6Si2. The van der Waals surface area contributed by atoms with E-state index in [1.165, 1.54) is 0 Å². The summed E-state index contributed by atoms with van der Waals surface area (Å²) >= 11 is 0. The molecule has 9 heteroatoms. The van der Waals surface area contributed by atoms with E-state index in [9.17, 15) is 9.59 Å². The Morgan fingerprint density at radius 2 is 1.44 bits per heavy atom. The maximum Gasteiger partial charge on any atom is 0.335 e. The summed E-state index contributed by atoms with van der Waals surface area (Å²) in [4.78, 5) is 32.1. The molecule has 1 aliphatic carbocycles. The lowest BCUT2D eigenvalue weighted by atomic mass is 9.80. The molecule has 1 aromatic carbocycles. The minimum absolute atomic E-state index is 0.0900. The van der Waals surface area contributed by atoms with Crippen LogP contribution < -0.4 is 0 Å². The van der Waals surface area contributed by atoms with E-state index < -0.39 is 34.9 Å². The topological polar surface area (TPSA) is 74.3 Å². The van der Waals surface area contributed by atoms with Gasteiger partial charge in [0.2, 0.25) is 0 Å². The Hall–Kier alpha value is -1.63. The lowest BCUT2D eigenvalue weighted by Crippen LogP contribution is -2.64. The summed E-state index contributed by atoms with van der Waals surface area (Å²) in [6.07, 6.45) is 1.89. The third-order valence-corrected chi connectivity index (χ3v) is 18.3. The van der Waals surface area contributed by atoms with Gasteiger partial charge in [0.15, 0.2) is 5.78 Å². The molecule has 0 aromatic heterocycles. The number of hydrogen-bond donors (Lipinski definition) is 0. The van der Waals surface area contributed by atoms with Crippen molar-refractivity contribution in [2.75, 3.05) is 0 Å². The lowest BCUT2D eigenvalue weighted by Gasteiger charge is -2.47. The number of hydrogen-bond acceptors (Lipinski definition) is 7. The Labute approximate surface area is 217 Å². The lowest BCUT2D eigenvalue weighted by molar-refractivity contribution is -0.200. The highest BCUT2D eigenvalue weighted by molar-refractivity contribution is 6.84. The molecule has 2 fully saturated rings. The van der Waals surface area contributed by atoms with Crippen LogP contribution in [0, 0.1) is 0 Å². The molecule has 0 radical (unpaired) electrons. The third-order valence-electron chi connectivity index (χ3n) is 8.02. The zero-order valence-electron chi connectivity index (χ0n) is 22.8. The summed E-state index contributed by atoms with van der Waals surface area (Å²) in [6, 6.07) is 9.88. The van der Waals surface area contributed by atoms with Gasteiger partial charge in [-0.25, -0.2) is 0 Å². The Bertz CT molecular complexity index is 995. The number of carbonyl (C=O) groups is 2. The van der Waals surface area contributed by atoms with Gasteiger partial charge in [0.25, 0.3) is 0 Å². The van der Waals surface area contributed by atoms with Crippen molar-refractivity contribution < 1.29 is 27.4 Å². The van der Waals surface area contributed by atoms with Crippen molar-refractivity contribution in [2.24, 2.45) is 0 Å². The van der Waals surface area contributed by atoms with Crippen molar-refractivity contribution >= 4 is 28.9 Å². The molecule has 3 atom stereocenters. The highest BCUT2D eigenvalue weighted by atomic mass is 28.5. The molecule has 1 aromatic rings. The number of benzene rings is 1. The molecule has 7 nitrogen and oxygen atoms in total. The molecule has 1 spiro atoms. The van der Waals surface area contributed by atoms with Gasteiger partial charge < -0.3 is 17.8 Å². The molecule has 36 heavy (non-hydrogen) atoms. The molecular weight excluding hydrogens is 490 g/mol. The van der Waals surface area contributed by atoms with Crippen molar-refractivity contribution in [1.29, 1.82) is 0 Å². The Balaban J connectivity index is 1.89. The van der Waals surface area contributed by atoms with Crippen molar-refractivity contribution in [1.82, 2.24) is 5.06 Å². The van der Waals surface area contributed by atoms with Gasteiger partial charge in [-0.2, -0.15) is 0 Å². The molecule has 3 aliphatic rings. The predicted octanol–water partition coefficient (Wildman–Crippen LogP) is 5.55. The van der Waals surface area contributed by atoms with Crippen LogP contribution in [0.1, 0.15) is 67.4 Å². The van der Waals surface area contributed by atoms with Crippen LogP contribution in [0.15, 0.2) is 42.5 Å². The van der Waals surface area contributed by atoms with Crippen LogP contribution in [0.4, 0.5) is 0 Å². The Morgan fingerprint density at radius 1 is 0.889 bits per heavy atom. The van der Waals surface area contributed by atoms with Crippen LogP contribution in [0.3, 0.4) is 0 Å². The summed E-state index contributed by atoms with van der Waals surface area (Å²) in [7, 11) is -5.91. The fourth-order valence-corrected chi connectivity index (χ4v) is 17.3. The number of nitrogens with zero attached hydrogens (tertiary/aromatic N) is 1. The van der Waals surface area contributed by atoms with E-state index in [0.717, 1.165) is 5.56 Å². The van der Waals surface area contributed by atoms with Gasteiger partial charge in [0.05, 0.1) is 13.0 Å². The van der Waals surface area contributed by atoms with Gasteiger partial charge >= 0.3 is 23.1 Å². The minimum atomic E-state index is -2.97. The monoisotopic (exact) mass is 531 g/mol.